The van der Waals surface area contributed by atoms with E-state index >= 15 is 4.39 Å². The fourth-order valence-electron chi connectivity index (χ4n) is 8.60. The van der Waals surface area contributed by atoms with E-state index < -0.39 is 11.6 Å². The predicted molar refractivity (Wildman–Crippen MR) is 172 cm³/mol. The number of phenols is 1. The molecule has 0 spiro atoms. The van der Waals surface area contributed by atoms with Crippen LogP contribution in [-0.2, 0) is 0 Å². The average molecular weight is 621 g/mol. The van der Waals surface area contributed by atoms with Crippen molar-refractivity contribution in [3.05, 3.63) is 53.1 Å². The second-order valence-electron chi connectivity index (χ2n) is 13.5. The number of nitrogens with one attached hydrogen (secondary N) is 1. The topological polar surface area (TPSA) is 97.5 Å². The van der Waals surface area contributed by atoms with Gasteiger partial charge in [0.2, 0.25) is 0 Å². The Bertz CT molecular complexity index is 1990. The molecule has 3 aromatic carbocycles. The van der Waals surface area contributed by atoms with E-state index in [1.54, 1.807) is 6.07 Å². The molecule has 4 atom stereocenters. The van der Waals surface area contributed by atoms with Gasteiger partial charge in [-0.15, -0.1) is 6.42 Å². The van der Waals surface area contributed by atoms with Gasteiger partial charge in [-0.1, -0.05) is 18.9 Å². The first-order chi connectivity index (χ1) is 22.3. The number of aromatic nitrogens is 2. The van der Waals surface area contributed by atoms with Gasteiger partial charge in [-0.2, -0.15) is 15.2 Å². The molecule has 4 fully saturated rings. The molecule has 4 aliphatic rings. The summed E-state index contributed by atoms with van der Waals surface area (Å²) in [6.45, 7) is 6.10. The normalized spacial score (nSPS) is 25.6. The number of piperazine rings is 1. The molecule has 1 aromatic heterocycles. The van der Waals surface area contributed by atoms with Gasteiger partial charge in [-0.05, 0) is 79.8 Å². The molecule has 234 valence electrons. The SMILES string of the molecule is C#Cc1c(F)ccc2cc(O)cc(-c3c(C#N)cc4c(N5CC6CCC(C5)N6)nc(OC[C@@]56CCCN5CC(C)C6)nc4c3F)c12. The van der Waals surface area contributed by atoms with E-state index in [0.717, 1.165) is 45.2 Å². The Balaban J connectivity index is 1.33. The molecule has 0 radical (unpaired) electrons. The molecule has 8 rings (SSSR count). The van der Waals surface area contributed by atoms with E-state index in [4.69, 9.17) is 16.1 Å². The fraction of sp³-hybridized carbons (Fsp3) is 0.417. The Morgan fingerprint density at radius 3 is 2.72 bits per heavy atom. The lowest BCUT2D eigenvalue weighted by Gasteiger charge is -2.35. The first-order valence-electron chi connectivity index (χ1n) is 16.0. The summed E-state index contributed by atoms with van der Waals surface area (Å²) in [5, 5.41) is 25.7. The van der Waals surface area contributed by atoms with Crippen LogP contribution in [0.3, 0.4) is 0 Å². The molecule has 4 saturated heterocycles. The summed E-state index contributed by atoms with van der Waals surface area (Å²) in [6, 6.07) is 9.82. The average Bonchev–Trinajstić information content (AvgIpc) is 3.69. The van der Waals surface area contributed by atoms with E-state index in [9.17, 15) is 14.8 Å². The standard InChI is InChI=1S/C36H34F2N6O2/c1-3-26-29(37)8-5-21-11-25(45)13-27(30(21)26)31-22(15-39)12-28-33(32(31)38)41-35(42-34(28)43-17-23-6-7-24(18-43)40-23)46-19-36-9-4-10-44(36)16-20(2)14-36/h1,5,8,11-13,20,23-24,40,45H,4,6-7,9-10,14,16-19H2,2H3/t20?,23?,24?,36-/m0/s1. The number of fused-ring (bicyclic) bond motifs is 5. The van der Waals surface area contributed by atoms with Crippen molar-refractivity contribution in [3.8, 4) is 41.3 Å². The molecule has 4 aromatic rings. The van der Waals surface area contributed by atoms with E-state index in [-0.39, 0.29) is 62.5 Å². The summed E-state index contributed by atoms with van der Waals surface area (Å²) in [5.41, 5.74) is -0.167. The fourth-order valence-corrected chi connectivity index (χ4v) is 8.60. The van der Waals surface area contributed by atoms with Gasteiger partial charge in [0, 0.05) is 48.1 Å². The maximum atomic E-state index is 17.1. The number of hydrogen-bond donors (Lipinski definition) is 2. The molecule has 10 heteroatoms. The van der Waals surface area contributed by atoms with Gasteiger partial charge in [-0.3, -0.25) is 4.90 Å². The Morgan fingerprint density at radius 2 is 1.96 bits per heavy atom. The third kappa shape index (κ3) is 4.54. The Hall–Kier alpha value is -4.51. The number of rotatable bonds is 5. The highest BCUT2D eigenvalue weighted by molar-refractivity contribution is 6.05. The van der Waals surface area contributed by atoms with Gasteiger partial charge < -0.3 is 20.1 Å². The molecule has 0 amide bonds. The second kappa shape index (κ2) is 10.8. The number of halogens is 2. The van der Waals surface area contributed by atoms with Gasteiger partial charge >= 0.3 is 6.01 Å². The molecule has 3 unspecified atom stereocenters. The third-order valence-corrected chi connectivity index (χ3v) is 10.5. The van der Waals surface area contributed by atoms with Crippen LogP contribution in [0.1, 0.15) is 50.2 Å². The van der Waals surface area contributed by atoms with Crippen LogP contribution < -0.4 is 15.0 Å². The Morgan fingerprint density at radius 1 is 1.15 bits per heavy atom. The maximum absolute atomic E-state index is 17.1. The summed E-state index contributed by atoms with van der Waals surface area (Å²) >= 11 is 0. The number of ether oxygens (including phenoxy) is 1. The summed E-state index contributed by atoms with van der Waals surface area (Å²) in [4.78, 5) is 14.2. The molecule has 46 heavy (non-hydrogen) atoms. The number of nitrogens with zero attached hydrogens (tertiary/aromatic N) is 5. The number of benzene rings is 3. The van der Waals surface area contributed by atoms with Crippen LogP contribution in [-0.4, -0.2) is 70.4 Å². The van der Waals surface area contributed by atoms with E-state index in [0.29, 0.717) is 42.2 Å². The first-order valence-corrected chi connectivity index (χ1v) is 16.0. The van der Waals surface area contributed by atoms with Crippen LogP contribution in [0.15, 0.2) is 30.3 Å². The molecular formula is C36H34F2N6O2. The zero-order chi connectivity index (χ0) is 31.7. The van der Waals surface area contributed by atoms with Crippen molar-refractivity contribution >= 4 is 27.5 Å². The monoisotopic (exact) mass is 620 g/mol. The van der Waals surface area contributed by atoms with Gasteiger partial charge in [0.15, 0.2) is 5.82 Å². The Labute approximate surface area is 266 Å². The molecule has 4 aliphatic heterocycles. The molecule has 0 aliphatic carbocycles. The van der Waals surface area contributed by atoms with Crippen LogP contribution in [0, 0.1) is 41.2 Å². The molecule has 0 saturated carbocycles. The van der Waals surface area contributed by atoms with Gasteiger partial charge in [0.05, 0.1) is 22.7 Å². The minimum Gasteiger partial charge on any atom is -0.508 e. The maximum Gasteiger partial charge on any atom is 0.319 e. The lowest BCUT2D eigenvalue weighted by Crippen LogP contribution is -2.51. The number of hydrogen-bond acceptors (Lipinski definition) is 8. The Kier molecular flexibility index (Phi) is 6.79. The summed E-state index contributed by atoms with van der Waals surface area (Å²) in [5.74, 6) is 1.86. The molecule has 8 nitrogen and oxygen atoms in total. The quantitative estimate of drug-likeness (QED) is 0.283. The minimum atomic E-state index is -0.782. The smallest absolute Gasteiger partial charge is 0.319 e. The van der Waals surface area contributed by atoms with Crippen molar-refractivity contribution in [2.75, 3.05) is 37.7 Å². The highest BCUT2D eigenvalue weighted by Crippen LogP contribution is 2.44. The van der Waals surface area contributed by atoms with Crippen molar-refractivity contribution in [3.63, 3.8) is 0 Å². The van der Waals surface area contributed by atoms with Crippen molar-refractivity contribution in [2.45, 2.75) is 56.7 Å². The first kappa shape index (κ1) is 28.9. The number of phenolic OH excluding ortho intramolecular Hbond substituents is 1. The zero-order valence-electron chi connectivity index (χ0n) is 25.6. The molecule has 2 N–H and O–H groups in total. The third-order valence-electron chi connectivity index (χ3n) is 10.5. The van der Waals surface area contributed by atoms with Crippen molar-refractivity contribution in [2.24, 2.45) is 5.92 Å². The summed E-state index contributed by atoms with van der Waals surface area (Å²) in [7, 11) is 0. The molecular weight excluding hydrogens is 586 g/mol. The number of aromatic hydroxyl groups is 1. The van der Waals surface area contributed by atoms with Gasteiger partial charge in [-0.25, -0.2) is 8.78 Å². The highest BCUT2D eigenvalue weighted by Gasteiger charge is 2.48. The van der Waals surface area contributed by atoms with Crippen molar-refractivity contribution in [1.29, 1.82) is 5.26 Å². The van der Waals surface area contributed by atoms with Gasteiger partial charge in [0.25, 0.3) is 0 Å². The summed E-state index contributed by atoms with van der Waals surface area (Å²) < 4.78 is 38.5. The predicted octanol–water partition coefficient (Wildman–Crippen LogP) is 5.48. The largest absolute Gasteiger partial charge is 0.508 e. The van der Waals surface area contributed by atoms with Gasteiger partial charge in [0.1, 0.15) is 29.5 Å². The van der Waals surface area contributed by atoms with Crippen LogP contribution >= 0.6 is 0 Å². The molecule has 5 heterocycles. The molecule has 2 bridgehead atoms. The van der Waals surface area contributed by atoms with E-state index in [1.165, 1.54) is 24.3 Å². The number of terminal acetylenes is 1. The lowest BCUT2D eigenvalue weighted by atomic mass is 9.90. The minimum absolute atomic E-state index is 0.00110. The van der Waals surface area contributed by atoms with Crippen molar-refractivity contribution < 1.29 is 18.6 Å². The van der Waals surface area contributed by atoms with E-state index in [1.807, 2.05) is 0 Å². The number of nitriles is 1. The van der Waals surface area contributed by atoms with Crippen LogP contribution in [0.2, 0.25) is 0 Å². The second-order valence-corrected chi connectivity index (χ2v) is 13.5. The zero-order valence-corrected chi connectivity index (χ0v) is 25.6. The lowest BCUT2D eigenvalue weighted by molar-refractivity contribution is 0.107. The summed E-state index contributed by atoms with van der Waals surface area (Å²) in [6.07, 6.45) is 11.0. The highest BCUT2D eigenvalue weighted by atomic mass is 19.1. The van der Waals surface area contributed by atoms with Crippen LogP contribution in [0.5, 0.6) is 11.8 Å². The van der Waals surface area contributed by atoms with Crippen LogP contribution in [0.25, 0.3) is 32.8 Å². The van der Waals surface area contributed by atoms with Crippen molar-refractivity contribution in [1.82, 2.24) is 20.2 Å². The number of anilines is 1. The van der Waals surface area contributed by atoms with Crippen LogP contribution in [0.4, 0.5) is 14.6 Å². The van der Waals surface area contributed by atoms with E-state index in [2.05, 4.69) is 39.0 Å².